The van der Waals surface area contributed by atoms with Gasteiger partial charge in [0.1, 0.15) is 0 Å². The van der Waals surface area contributed by atoms with Crippen LogP contribution < -0.4 is 0 Å². The Morgan fingerprint density at radius 3 is 2.81 bits per heavy atom. The van der Waals surface area contributed by atoms with Crippen molar-refractivity contribution in [2.24, 2.45) is 0 Å². The lowest BCUT2D eigenvalue weighted by molar-refractivity contribution is -0.143. The standard InChI is InChI=1S/C13H19NO2/c1-4-11-10(3)8-9-14-12(11)6-7-13(15)16-5-2/h8-9H,4-7H2,1-3H3. The molecule has 3 heteroatoms. The predicted octanol–water partition coefficient (Wildman–Crippen LogP) is 2.45. The van der Waals surface area contributed by atoms with Gasteiger partial charge in [-0.05, 0) is 37.5 Å². The zero-order chi connectivity index (χ0) is 12.0. The molecule has 0 spiro atoms. The van der Waals surface area contributed by atoms with Crippen LogP contribution in [0.2, 0.25) is 0 Å². The highest BCUT2D eigenvalue weighted by molar-refractivity contribution is 5.69. The highest BCUT2D eigenvalue weighted by Crippen LogP contribution is 2.14. The zero-order valence-corrected chi connectivity index (χ0v) is 10.2. The van der Waals surface area contributed by atoms with Crippen LogP contribution in [0.5, 0.6) is 0 Å². The van der Waals surface area contributed by atoms with E-state index in [0.29, 0.717) is 19.4 Å². The molecule has 0 aliphatic rings. The molecule has 3 nitrogen and oxygen atoms in total. The summed E-state index contributed by atoms with van der Waals surface area (Å²) in [5.41, 5.74) is 3.53. The van der Waals surface area contributed by atoms with Crippen LogP contribution in [0, 0.1) is 6.92 Å². The summed E-state index contributed by atoms with van der Waals surface area (Å²) in [5.74, 6) is -0.146. The van der Waals surface area contributed by atoms with Gasteiger partial charge in [0.2, 0.25) is 0 Å². The third-order valence-electron chi connectivity index (χ3n) is 2.60. The van der Waals surface area contributed by atoms with E-state index in [1.807, 2.05) is 13.0 Å². The minimum absolute atomic E-state index is 0.146. The molecule has 0 aliphatic heterocycles. The molecule has 1 aromatic heterocycles. The lowest BCUT2D eigenvalue weighted by atomic mass is 10.0. The Morgan fingerprint density at radius 2 is 2.19 bits per heavy atom. The van der Waals surface area contributed by atoms with E-state index in [9.17, 15) is 4.79 Å². The number of carbonyl (C=O) groups excluding carboxylic acids is 1. The van der Waals surface area contributed by atoms with Crippen molar-refractivity contribution in [3.8, 4) is 0 Å². The van der Waals surface area contributed by atoms with Gasteiger partial charge in [-0.1, -0.05) is 6.92 Å². The zero-order valence-electron chi connectivity index (χ0n) is 10.2. The van der Waals surface area contributed by atoms with Crippen molar-refractivity contribution in [3.05, 3.63) is 29.1 Å². The molecule has 0 aliphatic carbocycles. The first-order valence-corrected chi connectivity index (χ1v) is 5.78. The van der Waals surface area contributed by atoms with Crippen molar-refractivity contribution in [2.45, 2.75) is 40.0 Å². The Morgan fingerprint density at radius 1 is 1.44 bits per heavy atom. The lowest BCUT2D eigenvalue weighted by Crippen LogP contribution is -2.07. The molecule has 0 amide bonds. The molecular formula is C13H19NO2. The first kappa shape index (κ1) is 12.7. The molecule has 0 N–H and O–H groups in total. The highest BCUT2D eigenvalue weighted by Gasteiger charge is 2.08. The Bertz CT molecular complexity index is 361. The largest absolute Gasteiger partial charge is 0.466 e. The number of aryl methyl sites for hydroxylation is 2. The number of aromatic nitrogens is 1. The molecule has 16 heavy (non-hydrogen) atoms. The Labute approximate surface area is 96.8 Å². The second-order valence-corrected chi connectivity index (χ2v) is 3.71. The molecule has 1 rings (SSSR count). The molecule has 88 valence electrons. The first-order chi connectivity index (χ1) is 7.69. The van der Waals surface area contributed by atoms with Gasteiger partial charge in [0.25, 0.3) is 0 Å². The first-order valence-electron chi connectivity index (χ1n) is 5.78. The number of ether oxygens (including phenoxy) is 1. The molecule has 0 radical (unpaired) electrons. The molecule has 0 unspecified atom stereocenters. The van der Waals surface area contributed by atoms with Crippen LogP contribution in [0.4, 0.5) is 0 Å². The fraction of sp³-hybridized carbons (Fsp3) is 0.538. The number of carbonyl (C=O) groups is 1. The average Bonchev–Trinajstić information content (AvgIpc) is 2.27. The average molecular weight is 221 g/mol. The summed E-state index contributed by atoms with van der Waals surface area (Å²) in [5, 5.41) is 0. The van der Waals surface area contributed by atoms with Crippen molar-refractivity contribution >= 4 is 5.97 Å². The summed E-state index contributed by atoms with van der Waals surface area (Å²) in [4.78, 5) is 15.6. The van der Waals surface area contributed by atoms with Crippen molar-refractivity contribution in [1.29, 1.82) is 0 Å². The third-order valence-corrected chi connectivity index (χ3v) is 2.60. The molecule has 0 bridgehead atoms. The summed E-state index contributed by atoms with van der Waals surface area (Å²) >= 11 is 0. The van der Waals surface area contributed by atoms with Gasteiger partial charge in [0.15, 0.2) is 0 Å². The molecule has 1 aromatic rings. The van der Waals surface area contributed by atoms with Crippen molar-refractivity contribution in [3.63, 3.8) is 0 Å². The quantitative estimate of drug-likeness (QED) is 0.717. The molecule has 0 fully saturated rings. The van der Waals surface area contributed by atoms with E-state index in [-0.39, 0.29) is 5.97 Å². The normalized spacial score (nSPS) is 10.2. The van der Waals surface area contributed by atoms with Crippen molar-refractivity contribution in [1.82, 2.24) is 4.98 Å². The van der Waals surface area contributed by atoms with Gasteiger partial charge in [-0.15, -0.1) is 0 Å². The van der Waals surface area contributed by atoms with Crippen LogP contribution in [-0.4, -0.2) is 17.6 Å². The van der Waals surface area contributed by atoms with Crippen molar-refractivity contribution in [2.75, 3.05) is 6.61 Å². The van der Waals surface area contributed by atoms with Gasteiger partial charge in [-0.2, -0.15) is 0 Å². The van der Waals surface area contributed by atoms with E-state index in [4.69, 9.17) is 4.74 Å². The maximum Gasteiger partial charge on any atom is 0.306 e. The highest BCUT2D eigenvalue weighted by atomic mass is 16.5. The summed E-state index contributed by atoms with van der Waals surface area (Å²) in [7, 11) is 0. The molecule has 0 aromatic carbocycles. The number of esters is 1. The number of rotatable bonds is 5. The molecule has 0 saturated heterocycles. The SMILES string of the molecule is CCOC(=O)CCc1nccc(C)c1CC. The lowest BCUT2D eigenvalue weighted by Gasteiger charge is -2.09. The second kappa shape index (κ2) is 6.26. The molecule has 0 atom stereocenters. The van der Waals surface area contributed by atoms with Gasteiger partial charge >= 0.3 is 5.97 Å². The fourth-order valence-electron chi connectivity index (χ4n) is 1.80. The minimum atomic E-state index is -0.146. The summed E-state index contributed by atoms with van der Waals surface area (Å²) in [6.07, 6.45) is 3.84. The van der Waals surface area contributed by atoms with Gasteiger partial charge in [0.05, 0.1) is 13.0 Å². The van der Waals surface area contributed by atoms with Gasteiger partial charge in [-0.3, -0.25) is 9.78 Å². The van der Waals surface area contributed by atoms with E-state index in [1.54, 1.807) is 6.20 Å². The second-order valence-electron chi connectivity index (χ2n) is 3.71. The maximum atomic E-state index is 11.3. The number of hydrogen-bond donors (Lipinski definition) is 0. The number of nitrogens with zero attached hydrogens (tertiary/aromatic N) is 1. The van der Waals surface area contributed by atoms with E-state index in [1.165, 1.54) is 11.1 Å². The van der Waals surface area contributed by atoms with E-state index < -0.39 is 0 Å². The Hall–Kier alpha value is -1.38. The van der Waals surface area contributed by atoms with Crippen LogP contribution in [0.3, 0.4) is 0 Å². The monoisotopic (exact) mass is 221 g/mol. The summed E-state index contributed by atoms with van der Waals surface area (Å²) in [6, 6.07) is 2.01. The van der Waals surface area contributed by atoms with Crippen LogP contribution in [0.25, 0.3) is 0 Å². The van der Waals surface area contributed by atoms with E-state index in [2.05, 4.69) is 18.8 Å². The number of hydrogen-bond acceptors (Lipinski definition) is 3. The molecule has 0 saturated carbocycles. The van der Waals surface area contributed by atoms with Gasteiger partial charge in [-0.25, -0.2) is 0 Å². The Balaban J connectivity index is 2.66. The van der Waals surface area contributed by atoms with Crippen LogP contribution in [0.15, 0.2) is 12.3 Å². The van der Waals surface area contributed by atoms with Gasteiger partial charge < -0.3 is 4.74 Å². The van der Waals surface area contributed by atoms with E-state index in [0.717, 1.165) is 12.1 Å². The van der Waals surface area contributed by atoms with Crippen LogP contribution >= 0.6 is 0 Å². The summed E-state index contributed by atoms with van der Waals surface area (Å²) in [6.45, 7) is 6.45. The van der Waals surface area contributed by atoms with Crippen LogP contribution in [-0.2, 0) is 22.4 Å². The maximum absolute atomic E-state index is 11.3. The fourth-order valence-corrected chi connectivity index (χ4v) is 1.80. The molecule has 1 heterocycles. The molecular weight excluding hydrogens is 202 g/mol. The smallest absolute Gasteiger partial charge is 0.306 e. The van der Waals surface area contributed by atoms with E-state index >= 15 is 0 Å². The van der Waals surface area contributed by atoms with Gasteiger partial charge in [0, 0.05) is 18.3 Å². The summed E-state index contributed by atoms with van der Waals surface area (Å²) < 4.78 is 4.90. The predicted molar refractivity (Wildman–Crippen MR) is 63.3 cm³/mol. The number of pyridine rings is 1. The third kappa shape index (κ3) is 3.33. The minimum Gasteiger partial charge on any atom is -0.466 e. The topological polar surface area (TPSA) is 39.2 Å². The van der Waals surface area contributed by atoms with Crippen LogP contribution in [0.1, 0.15) is 37.1 Å². The Kier molecular flexibility index (Phi) is 4.96. The van der Waals surface area contributed by atoms with Crippen molar-refractivity contribution < 1.29 is 9.53 Å².